The Morgan fingerprint density at radius 1 is 0.239 bits per heavy atom. The maximum Gasteiger partial charge on any atom is 0.334 e. The molecule has 8 aromatic carbocycles. The molecule has 0 spiro atoms. The van der Waals surface area contributed by atoms with Gasteiger partial charge in [0.2, 0.25) is 47.3 Å². The summed E-state index contributed by atoms with van der Waals surface area (Å²) in [5, 5.41) is 23.7. The molecule has 9 rings (SSSR count). The van der Waals surface area contributed by atoms with E-state index < -0.39 is 167 Å². The normalized spacial score (nSPS) is 15.5. The van der Waals surface area contributed by atoms with Crippen LogP contribution in [-0.2, 0) is 80.2 Å². The van der Waals surface area contributed by atoms with Crippen LogP contribution in [0.4, 0.5) is 0 Å². The highest BCUT2D eigenvalue weighted by atomic mass is 16.6. The van der Waals surface area contributed by atoms with Crippen LogP contribution in [0.15, 0.2) is 170 Å². The van der Waals surface area contributed by atoms with Gasteiger partial charge in [-0.05, 0) is 133 Å². The number of methoxy groups -OCH3 is 8. The first kappa shape index (κ1) is 111. The Morgan fingerprint density at radius 3 is 0.599 bits per heavy atom. The molecule has 0 heterocycles. The first-order valence-electron chi connectivity index (χ1n) is 48.0. The van der Waals surface area contributed by atoms with Crippen molar-refractivity contribution in [1.82, 2.24) is 42.5 Å². The van der Waals surface area contributed by atoms with Crippen LogP contribution in [-0.4, -0.2) is 176 Å². The summed E-state index contributed by atoms with van der Waals surface area (Å²) >= 11 is 0. The fourth-order valence-corrected chi connectivity index (χ4v) is 17.3. The second-order valence-corrected chi connectivity index (χ2v) is 38.4. The van der Waals surface area contributed by atoms with Crippen molar-refractivity contribution >= 4 is 71.1 Å². The van der Waals surface area contributed by atoms with Crippen LogP contribution in [0, 0.1) is 47.3 Å². The zero-order valence-electron chi connectivity index (χ0n) is 85.8. The molecule has 0 aromatic heterocycles. The summed E-state index contributed by atoms with van der Waals surface area (Å²) < 4.78 is 75.0. The molecule has 4 unspecified atom stereocenters. The van der Waals surface area contributed by atoms with Gasteiger partial charge in [-0.3, -0.25) is 38.4 Å². The van der Waals surface area contributed by atoms with Gasteiger partial charge in [0.25, 0.3) is 0 Å². The van der Waals surface area contributed by atoms with E-state index in [0.717, 1.165) is 0 Å². The topological polar surface area (TPSA) is 412 Å². The van der Waals surface area contributed by atoms with Gasteiger partial charge in [-0.2, -0.15) is 0 Å². The average molecular weight is 1960 g/mol. The number of amides is 8. The van der Waals surface area contributed by atoms with Gasteiger partial charge in [0.15, 0.2) is 0 Å². The Labute approximate surface area is 832 Å². The largest absolute Gasteiger partial charge is 0.496 e. The lowest BCUT2D eigenvalue weighted by atomic mass is 9.78. The molecule has 32 nitrogen and oxygen atoms in total. The Hall–Kier alpha value is -14.2. The van der Waals surface area contributed by atoms with Gasteiger partial charge in [-0.1, -0.05) is 208 Å². The van der Waals surface area contributed by atoms with E-state index in [0.29, 0.717) is 11.1 Å². The van der Waals surface area contributed by atoms with E-state index in [4.69, 9.17) is 56.8 Å². The van der Waals surface area contributed by atoms with Crippen LogP contribution >= 0.6 is 0 Å². The van der Waals surface area contributed by atoms with Crippen LogP contribution in [0.25, 0.3) is 0 Å². The molecular formula is C110H140N8O24. The molecule has 8 bridgehead atoms. The van der Waals surface area contributed by atoms with Crippen molar-refractivity contribution in [3.8, 4) is 57.5 Å². The fraction of sp³-hybridized carbons (Fsp3) is 0.455. The third kappa shape index (κ3) is 29.0. The summed E-state index contributed by atoms with van der Waals surface area (Å²) in [6, 6.07) is 34.6. The Morgan fingerprint density at radius 2 is 0.423 bits per heavy atom. The van der Waals surface area contributed by atoms with Gasteiger partial charge in [0.05, 0.1) is 80.6 Å². The second-order valence-electron chi connectivity index (χ2n) is 38.4. The molecule has 8 N–H and O–H groups in total. The Kier molecular flexibility index (Phi) is 41.1. The molecule has 8 aromatic rings. The van der Waals surface area contributed by atoms with Crippen molar-refractivity contribution in [1.29, 1.82) is 0 Å². The summed E-state index contributed by atoms with van der Waals surface area (Å²) in [6.45, 7) is 28.0. The van der Waals surface area contributed by atoms with E-state index in [1.165, 1.54) is 105 Å². The standard InChI is InChI=1S/C110H140N8O24/c1-59(2)45-79(107(127)139-57-67-37-29-25-30-38-67)111-103(123)95(63(9)10)115-99(119)91-71-49-72(84(132-18)53-83(71)131-17)92(100(120)116-96(64(11)12)104(124)112-80(46-60(3)4)108(128)140-58-68-39-31-26-32-40-68)74-51-76(88(136-22)55-86(74)134-20)94(102(122)118-98(66(15)16)106(126)114-82(48-62(7)8)110(130)142-70-43-35-28-36-44-70)78-52-77(89(137-23)56-90(78)138-24)93(75-50-73(91)85(133-19)54-87(75)135-21)101(121)117-97(65(13)14)105(125)113-81(47-61(5)6)109(129)141-69-41-33-27-34-42-69/h25-44,49-56,59-66,79-82,91-98H,45-48,57-58H2,1-24H3,(H,111,123)(H,112,124)(H,113,125)(H,114,126)(H,115,119)(H,116,120)(H,117,121)(H,118,122)/t79-,80-,81-,82-,91?,92?,93?,94?,95-,96-,97-,98-/m1/s1. The van der Waals surface area contributed by atoms with E-state index in [1.807, 2.05) is 67.5 Å². The Bertz CT molecular complexity index is 5130. The molecule has 1 aliphatic rings. The van der Waals surface area contributed by atoms with Crippen molar-refractivity contribution in [2.45, 2.75) is 222 Å². The number of carbonyl (C=O) groups is 12. The third-order valence-electron chi connectivity index (χ3n) is 24.5. The van der Waals surface area contributed by atoms with Gasteiger partial charge in [0, 0.05) is 68.8 Å². The molecule has 0 saturated heterocycles. The number of hydrogen-bond acceptors (Lipinski definition) is 24. The summed E-state index contributed by atoms with van der Waals surface area (Å²) in [7, 11) is 10.4. The second kappa shape index (κ2) is 52.3. The van der Waals surface area contributed by atoms with Gasteiger partial charge in [0.1, 0.15) is 119 Å². The predicted octanol–water partition coefficient (Wildman–Crippen LogP) is 14.0. The van der Waals surface area contributed by atoms with Crippen molar-refractivity contribution in [3.05, 3.63) is 225 Å². The summed E-state index contributed by atoms with van der Waals surface area (Å²) in [5.74, 6) is -22.6. The van der Waals surface area contributed by atoms with E-state index in [-0.39, 0.29) is 165 Å². The minimum absolute atomic E-state index is 0.0812. The molecular weight excluding hydrogens is 1820 g/mol. The number of fused-ring (bicyclic) bond motifs is 8. The molecule has 1 aliphatic carbocycles. The van der Waals surface area contributed by atoms with Gasteiger partial charge >= 0.3 is 23.9 Å². The minimum atomic E-state index is -1.90. The molecule has 0 aliphatic heterocycles. The zero-order chi connectivity index (χ0) is 104. The third-order valence-corrected chi connectivity index (χ3v) is 24.5. The van der Waals surface area contributed by atoms with Crippen molar-refractivity contribution in [2.24, 2.45) is 47.3 Å². The number of benzene rings is 8. The molecule has 0 saturated carbocycles. The van der Waals surface area contributed by atoms with Gasteiger partial charge in [-0.15, -0.1) is 0 Å². The Balaban J connectivity index is 1.42. The van der Waals surface area contributed by atoms with Crippen molar-refractivity contribution in [3.63, 3.8) is 0 Å². The van der Waals surface area contributed by atoms with Crippen molar-refractivity contribution < 1.29 is 114 Å². The van der Waals surface area contributed by atoms with Crippen LogP contribution in [0.1, 0.15) is 216 Å². The van der Waals surface area contributed by atoms with Crippen LogP contribution < -0.4 is 89.9 Å². The highest BCUT2D eigenvalue weighted by Gasteiger charge is 2.46. The maximum absolute atomic E-state index is 17.3. The summed E-state index contributed by atoms with van der Waals surface area (Å²) in [4.78, 5) is 189. The van der Waals surface area contributed by atoms with E-state index in [1.54, 1.807) is 165 Å². The van der Waals surface area contributed by atoms with Gasteiger partial charge in [-0.25, -0.2) is 19.2 Å². The van der Waals surface area contributed by atoms with E-state index in [2.05, 4.69) is 42.5 Å². The summed E-state index contributed by atoms with van der Waals surface area (Å²) in [6.07, 6.45) is 0.356. The lowest BCUT2D eigenvalue weighted by molar-refractivity contribution is -0.150. The van der Waals surface area contributed by atoms with Gasteiger partial charge < -0.3 is 99.4 Å². The number of rotatable bonds is 46. The predicted molar refractivity (Wildman–Crippen MR) is 535 cm³/mol. The lowest BCUT2D eigenvalue weighted by Gasteiger charge is -2.33. The SMILES string of the molecule is COc1cc(OC)c2cc1C(C(=O)N[C@@H](C(=O)N[C@H](CC(C)C)C(=O)OCc1ccccc1)C(C)C)c1cc(c(OC)cc1OC)C(C(=O)N[C@@H](C(=O)N[C@H](CC(C)C)C(=O)Oc1ccccc1)C(C)C)c1cc(c(OC)cc1OC)C(C(=O)N[C@@H](C(=O)N[C@H](CC(C)C)C(=O)Oc1ccccc1)C(C)C)c1cc(c(OC)cc1OC)C2C(=O)N[C@@H](C(=O)N[C@H](CC(C)C)C(=O)OCc1ccccc1)C(C)C. The molecule has 32 heteroatoms. The summed E-state index contributed by atoms with van der Waals surface area (Å²) in [5.41, 5.74) is 0.345. The number of hydrogen-bond donors (Lipinski definition) is 8. The van der Waals surface area contributed by atoms with E-state index in [9.17, 15) is 19.2 Å². The lowest BCUT2D eigenvalue weighted by Crippen LogP contribution is -2.55. The number of ether oxygens (including phenoxy) is 12. The molecule has 12 atom stereocenters. The maximum atomic E-state index is 17.3. The first-order valence-corrected chi connectivity index (χ1v) is 48.0. The fourth-order valence-electron chi connectivity index (χ4n) is 17.3. The molecule has 8 amide bonds. The van der Waals surface area contributed by atoms with Crippen LogP contribution in [0.5, 0.6) is 57.5 Å². The highest BCUT2D eigenvalue weighted by Crippen LogP contribution is 2.52. The molecule has 0 fully saturated rings. The quantitative estimate of drug-likeness (QED) is 0.0130. The monoisotopic (exact) mass is 1960 g/mol. The number of nitrogens with one attached hydrogen (secondary N) is 8. The number of esters is 4. The number of para-hydroxylation sites is 2. The average Bonchev–Trinajstić information content (AvgIpc) is 0.734. The van der Waals surface area contributed by atoms with Crippen LogP contribution in [0.3, 0.4) is 0 Å². The molecule has 0 radical (unpaired) electrons. The van der Waals surface area contributed by atoms with Crippen molar-refractivity contribution in [2.75, 3.05) is 56.9 Å². The highest BCUT2D eigenvalue weighted by molar-refractivity contribution is 6.01. The zero-order valence-corrected chi connectivity index (χ0v) is 85.8. The minimum Gasteiger partial charge on any atom is -0.496 e. The van der Waals surface area contributed by atoms with E-state index >= 15 is 38.4 Å². The smallest absolute Gasteiger partial charge is 0.334 e. The molecule has 764 valence electrons. The molecule has 142 heavy (non-hydrogen) atoms. The first-order chi connectivity index (χ1) is 67.6. The number of carbonyl (C=O) groups excluding carboxylic acids is 12. The van der Waals surface area contributed by atoms with Crippen LogP contribution in [0.2, 0.25) is 0 Å².